The minimum atomic E-state index is -4.64. The van der Waals surface area contributed by atoms with Crippen molar-refractivity contribution in [1.82, 2.24) is 14.5 Å². The van der Waals surface area contributed by atoms with E-state index in [0.29, 0.717) is 5.69 Å². The van der Waals surface area contributed by atoms with E-state index in [4.69, 9.17) is 4.74 Å². The number of nitrogens with one attached hydrogen (secondary N) is 1. The van der Waals surface area contributed by atoms with Crippen LogP contribution < -0.4 is 4.72 Å². The maximum absolute atomic E-state index is 13.1. The topological polar surface area (TPSA) is 116 Å². The quantitative estimate of drug-likeness (QED) is 0.563. The number of alkyl halides is 3. The summed E-state index contributed by atoms with van der Waals surface area (Å²) in [7, 11) is -4.07. The Labute approximate surface area is 157 Å². The van der Waals surface area contributed by atoms with E-state index in [9.17, 15) is 31.7 Å². The van der Waals surface area contributed by atoms with E-state index in [1.807, 2.05) is 0 Å². The van der Waals surface area contributed by atoms with Crippen LogP contribution in [-0.2, 0) is 40.5 Å². The summed E-state index contributed by atoms with van der Waals surface area (Å²) in [5, 5.41) is 14.4. The molecular weight excluding hydrogens is 405 g/mol. The van der Waals surface area contributed by atoms with Crippen LogP contribution in [0.25, 0.3) is 0 Å². The molecule has 0 amide bonds. The number of rotatable bonds is 6. The third-order valence-electron chi connectivity index (χ3n) is 4.12. The Morgan fingerprint density at radius 2 is 2.11 bits per heavy atom. The van der Waals surface area contributed by atoms with Crippen LogP contribution in [0.3, 0.4) is 0 Å². The lowest BCUT2D eigenvalue weighted by Gasteiger charge is -2.15. The molecule has 0 fully saturated rings. The van der Waals surface area contributed by atoms with Crippen molar-refractivity contribution in [3.8, 4) is 0 Å². The van der Waals surface area contributed by atoms with Crippen molar-refractivity contribution in [2.24, 2.45) is 0 Å². The van der Waals surface area contributed by atoms with Gasteiger partial charge >= 0.3 is 6.18 Å². The summed E-state index contributed by atoms with van der Waals surface area (Å²) in [6.45, 7) is -0.330. The SMILES string of the molecule is O=[N+]([O-])c1cccc(S(=O)(=O)NCCn2nc(C(F)(F)F)c3c2CCOC3)c1. The van der Waals surface area contributed by atoms with E-state index in [0.717, 1.165) is 16.8 Å². The molecule has 1 aliphatic heterocycles. The second-order valence-electron chi connectivity index (χ2n) is 5.95. The third-order valence-corrected chi connectivity index (χ3v) is 5.58. The number of hydrogen-bond acceptors (Lipinski definition) is 6. The van der Waals surface area contributed by atoms with Gasteiger partial charge in [-0.05, 0) is 6.07 Å². The van der Waals surface area contributed by atoms with Crippen LogP contribution in [-0.4, -0.2) is 36.3 Å². The van der Waals surface area contributed by atoms with Crippen molar-refractivity contribution in [1.29, 1.82) is 0 Å². The molecule has 0 atom stereocenters. The number of nitro benzene ring substituents is 1. The number of nitro groups is 1. The van der Waals surface area contributed by atoms with Gasteiger partial charge in [0.05, 0.1) is 29.6 Å². The van der Waals surface area contributed by atoms with E-state index in [-0.39, 0.29) is 48.9 Å². The number of hydrogen-bond donors (Lipinski definition) is 1. The van der Waals surface area contributed by atoms with Crippen LogP contribution in [0.1, 0.15) is 17.0 Å². The molecule has 152 valence electrons. The van der Waals surface area contributed by atoms with E-state index in [1.165, 1.54) is 12.1 Å². The van der Waals surface area contributed by atoms with Crippen molar-refractivity contribution in [3.05, 3.63) is 51.3 Å². The molecule has 1 aromatic heterocycles. The maximum Gasteiger partial charge on any atom is 0.435 e. The fraction of sp³-hybridized carbons (Fsp3) is 0.400. The van der Waals surface area contributed by atoms with Crippen LogP contribution in [0.15, 0.2) is 29.2 Å². The first-order chi connectivity index (χ1) is 13.1. The summed E-state index contributed by atoms with van der Waals surface area (Å²) in [6, 6.07) is 4.46. The van der Waals surface area contributed by atoms with Gasteiger partial charge in [-0.25, -0.2) is 13.1 Å². The van der Waals surface area contributed by atoms with Crippen molar-refractivity contribution < 1.29 is 31.2 Å². The van der Waals surface area contributed by atoms with Crippen LogP contribution in [0.5, 0.6) is 0 Å². The van der Waals surface area contributed by atoms with Crippen LogP contribution in [0.2, 0.25) is 0 Å². The van der Waals surface area contributed by atoms with Crippen molar-refractivity contribution in [3.63, 3.8) is 0 Å². The largest absolute Gasteiger partial charge is 0.435 e. The van der Waals surface area contributed by atoms with E-state index in [2.05, 4.69) is 9.82 Å². The van der Waals surface area contributed by atoms with Gasteiger partial charge in [-0.1, -0.05) is 6.07 Å². The summed E-state index contributed by atoms with van der Waals surface area (Å²) in [4.78, 5) is 9.74. The molecule has 28 heavy (non-hydrogen) atoms. The Kier molecular flexibility index (Phi) is 5.41. The number of nitrogens with zero attached hydrogens (tertiary/aromatic N) is 3. The number of halogens is 3. The van der Waals surface area contributed by atoms with Gasteiger partial charge in [-0.2, -0.15) is 18.3 Å². The standard InChI is InChI=1S/C15H15F3N4O5S/c16-15(17,18)14-12-9-27-7-4-13(12)21(20-14)6-5-19-28(25,26)11-3-1-2-10(8-11)22(23)24/h1-3,8,19H,4-7,9H2. The summed E-state index contributed by atoms with van der Waals surface area (Å²) in [5.74, 6) is 0. The summed E-state index contributed by atoms with van der Waals surface area (Å²) in [5.41, 5.74) is -1.11. The van der Waals surface area contributed by atoms with E-state index >= 15 is 0 Å². The highest BCUT2D eigenvalue weighted by molar-refractivity contribution is 7.89. The van der Waals surface area contributed by atoms with Crippen molar-refractivity contribution in [2.75, 3.05) is 13.2 Å². The molecule has 0 saturated heterocycles. The zero-order valence-corrected chi connectivity index (χ0v) is 15.1. The molecule has 2 heterocycles. The van der Waals surface area contributed by atoms with Gasteiger partial charge in [0.2, 0.25) is 10.0 Å². The molecule has 1 aliphatic rings. The molecule has 9 nitrogen and oxygen atoms in total. The predicted octanol–water partition coefficient (Wildman–Crippen LogP) is 1.86. The minimum Gasteiger partial charge on any atom is -0.376 e. The predicted molar refractivity (Wildman–Crippen MR) is 88.9 cm³/mol. The van der Waals surface area contributed by atoms with E-state index in [1.54, 1.807) is 0 Å². The molecule has 1 N–H and O–H groups in total. The maximum atomic E-state index is 13.1. The lowest BCUT2D eigenvalue weighted by molar-refractivity contribution is -0.385. The number of aromatic nitrogens is 2. The highest BCUT2D eigenvalue weighted by Gasteiger charge is 2.39. The molecule has 13 heteroatoms. The van der Waals surface area contributed by atoms with Gasteiger partial charge in [0.25, 0.3) is 5.69 Å². The molecule has 0 aliphatic carbocycles. The van der Waals surface area contributed by atoms with Gasteiger partial charge in [0.1, 0.15) is 0 Å². The number of sulfonamides is 1. The average molecular weight is 420 g/mol. The monoisotopic (exact) mass is 420 g/mol. The Morgan fingerprint density at radius 1 is 1.36 bits per heavy atom. The number of non-ortho nitro benzene ring substituents is 1. The molecule has 0 saturated carbocycles. The normalized spacial score (nSPS) is 14.7. The molecule has 0 spiro atoms. The summed E-state index contributed by atoms with van der Waals surface area (Å²) >= 11 is 0. The van der Waals surface area contributed by atoms with E-state index < -0.39 is 26.8 Å². The lowest BCUT2D eigenvalue weighted by atomic mass is 10.1. The van der Waals surface area contributed by atoms with Crippen molar-refractivity contribution in [2.45, 2.75) is 30.6 Å². The molecule has 0 bridgehead atoms. The molecule has 1 aromatic carbocycles. The molecule has 0 radical (unpaired) electrons. The van der Waals surface area contributed by atoms with Crippen LogP contribution >= 0.6 is 0 Å². The smallest absolute Gasteiger partial charge is 0.376 e. The van der Waals surface area contributed by atoms with Crippen molar-refractivity contribution >= 4 is 15.7 Å². The van der Waals surface area contributed by atoms with Gasteiger partial charge < -0.3 is 4.74 Å². The number of ether oxygens (including phenoxy) is 1. The molecule has 3 rings (SSSR count). The van der Waals surface area contributed by atoms with Gasteiger partial charge in [-0.3, -0.25) is 14.8 Å². The summed E-state index contributed by atoms with van der Waals surface area (Å²) < 4.78 is 72.4. The van der Waals surface area contributed by atoms with Crippen LogP contribution in [0, 0.1) is 10.1 Å². The third kappa shape index (κ3) is 4.15. The second kappa shape index (κ2) is 7.48. The highest BCUT2D eigenvalue weighted by Crippen LogP contribution is 2.34. The number of benzene rings is 1. The Balaban J connectivity index is 1.75. The molecule has 2 aromatic rings. The fourth-order valence-corrected chi connectivity index (χ4v) is 3.92. The zero-order chi connectivity index (χ0) is 20.5. The number of fused-ring (bicyclic) bond motifs is 1. The zero-order valence-electron chi connectivity index (χ0n) is 14.3. The second-order valence-corrected chi connectivity index (χ2v) is 7.72. The molecular formula is C15H15F3N4O5S. The fourth-order valence-electron chi connectivity index (χ4n) is 2.85. The lowest BCUT2D eigenvalue weighted by Crippen LogP contribution is -2.28. The van der Waals surface area contributed by atoms with Gasteiger partial charge in [0.15, 0.2) is 5.69 Å². The van der Waals surface area contributed by atoms with Gasteiger partial charge in [0, 0.05) is 36.4 Å². The summed E-state index contributed by atoms with van der Waals surface area (Å²) in [6.07, 6.45) is -4.41. The molecule has 0 unspecified atom stereocenters. The highest BCUT2D eigenvalue weighted by atomic mass is 32.2. The first-order valence-corrected chi connectivity index (χ1v) is 9.55. The Hall–Kier alpha value is -2.51. The Morgan fingerprint density at radius 3 is 2.79 bits per heavy atom. The first-order valence-electron chi connectivity index (χ1n) is 8.07. The average Bonchev–Trinajstić information content (AvgIpc) is 3.01. The minimum absolute atomic E-state index is 0.0414. The van der Waals surface area contributed by atoms with Crippen LogP contribution in [0.4, 0.5) is 18.9 Å². The Bertz CT molecular complexity index is 1000. The first kappa shape index (κ1) is 20.2. The van der Waals surface area contributed by atoms with Gasteiger partial charge in [-0.15, -0.1) is 0 Å².